The van der Waals surface area contributed by atoms with Crippen LogP contribution in [-0.4, -0.2) is 23.5 Å². The van der Waals surface area contributed by atoms with Gasteiger partial charge in [0, 0.05) is 16.8 Å². The van der Waals surface area contributed by atoms with Crippen LogP contribution in [0.4, 0.5) is 5.69 Å². The Kier molecular flexibility index (Phi) is 4.98. The molecule has 132 valence electrons. The summed E-state index contributed by atoms with van der Waals surface area (Å²) in [5.74, 6) is -0.591. The molecule has 0 saturated heterocycles. The first-order valence-electron chi connectivity index (χ1n) is 8.44. The first kappa shape index (κ1) is 17.6. The Bertz CT molecular complexity index is 978. The molecular weight excluding hydrogens is 328 g/mol. The van der Waals surface area contributed by atoms with Crippen LogP contribution in [0, 0.1) is 13.8 Å². The van der Waals surface area contributed by atoms with Crippen LogP contribution in [0.15, 0.2) is 48.5 Å². The van der Waals surface area contributed by atoms with Gasteiger partial charge in [-0.25, -0.2) is 4.79 Å². The van der Waals surface area contributed by atoms with Gasteiger partial charge in [0.2, 0.25) is 0 Å². The van der Waals surface area contributed by atoms with Crippen LogP contribution in [0.5, 0.6) is 0 Å². The second-order valence-corrected chi connectivity index (χ2v) is 6.08. The van der Waals surface area contributed by atoms with Crippen molar-refractivity contribution in [1.82, 2.24) is 4.98 Å². The first-order chi connectivity index (χ1) is 12.5. The molecule has 0 unspecified atom stereocenters. The minimum absolute atomic E-state index is 0.213. The van der Waals surface area contributed by atoms with Crippen LogP contribution in [-0.2, 0) is 4.74 Å². The lowest BCUT2D eigenvalue weighted by atomic mass is 10.0. The monoisotopic (exact) mass is 348 g/mol. The number of hydrogen-bond acceptors (Lipinski definition) is 4. The summed E-state index contributed by atoms with van der Waals surface area (Å²) in [4.78, 5) is 29.0. The van der Waals surface area contributed by atoms with E-state index in [0.29, 0.717) is 23.4 Å². The molecule has 0 aliphatic carbocycles. The molecule has 0 spiro atoms. The molecule has 1 amide bonds. The standard InChI is InChI=1S/C21H20N2O3/c1-4-26-21(25)15-6-8-16(9-7-15)23-20(24)18-12-14(3)22-19-10-5-13(2)11-17(18)19/h5-12H,4H2,1-3H3,(H,23,24). The fourth-order valence-corrected chi connectivity index (χ4v) is 2.76. The van der Waals surface area contributed by atoms with E-state index in [1.165, 1.54) is 0 Å². The van der Waals surface area contributed by atoms with Crippen molar-refractivity contribution in [2.24, 2.45) is 0 Å². The normalized spacial score (nSPS) is 10.6. The molecule has 1 heterocycles. The predicted molar refractivity (Wildman–Crippen MR) is 102 cm³/mol. The van der Waals surface area contributed by atoms with Gasteiger partial charge in [-0.2, -0.15) is 0 Å². The molecule has 0 radical (unpaired) electrons. The lowest BCUT2D eigenvalue weighted by Gasteiger charge is -2.10. The fourth-order valence-electron chi connectivity index (χ4n) is 2.76. The number of fused-ring (bicyclic) bond motifs is 1. The van der Waals surface area contributed by atoms with Crippen molar-refractivity contribution in [1.29, 1.82) is 0 Å². The van der Waals surface area contributed by atoms with Crippen LogP contribution in [0.3, 0.4) is 0 Å². The number of hydrogen-bond donors (Lipinski definition) is 1. The van der Waals surface area contributed by atoms with Crippen molar-refractivity contribution >= 4 is 28.5 Å². The molecular formula is C21H20N2O3. The lowest BCUT2D eigenvalue weighted by molar-refractivity contribution is 0.0526. The maximum absolute atomic E-state index is 12.8. The van der Waals surface area contributed by atoms with Crippen LogP contribution >= 0.6 is 0 Å². The van der Waals surface area contributed by atoms with Gasteiger partial charge >= 0.3 is 5.97 Å². The number of rotatable bonds is 4. The van der Waals surface area contributed by atoms with Crippen LogP contribution < -0.4 is 5.32 Å². The molecule has 3 rings (SSSR count). The number of nitrogens with one attached hydrogen (secondary N) is 1. The fraction of sp³-hybridized carbons (Fsp3) is 0.190. The molecule has 0 bridgehead atoms. The van der Waals surface area contributed by atoms with E-state index in [0.717, 1.165) is 22.2 Å². The number of carbonyl (C=O) groups is 2. The van der Waals surface area contributed by atoms with E-state index in [-0.39, 0.29) is 11.9 Å². The number of pyridine rings is 1. The Morgan fingerprint density at radius 1 is 1.04 bits per heavy atom. The third kappa shape index (κ3) is 3.72. The van der Waals surface area contributed by atoms with E-state index in [1.807, 2.05) is 32.0 Å². The molecule has 0 saturated carbocycles. The number of anilines is 1. The second kappa shape index (κ2) is 7.35. The molecule has 0 fully saturated rings. The Labute approximate surface area is 152 Å². The summed E-state index contributed by atoms with van der Waals surface area (Å²) in [5, 5.41) is 3.69. The van der Waals surface area contributed by atoms with E-state index in [4.69, 9.17) is 4.74 Å². The third-order valence-corrected chi connectivity index (χ3v) is 3.99. The summed E-state index contributed by atoms with van der Waals surface area (Å²) >= 11 is 0. The Hall–Kier alpha value is -3.21. The van der Waals surface area contributed by atoms with Crippen molar-refractivity contribution in [3.05, 3.63) is 70.9 Å². The van der Waals surface area contributed by atoms with Crippen molar-refractivity contribution in [2.45, 2.75) is 20.8 Å². The van der Waals surface area contributed by atoms with E-state index in [1.54, 1.807) is 37.3 Å². The smallest absolute Gasteiger partial charge is 0.338 e. The largest absolute Gasteiger partial charge is 0.462 e. The zero-order valence-corrected chi connectivity index (χ0v) is 15.0. The minimum atomic E-state index is -0.378. The topological polar surface area (TPSA) is 68.3 Å². The molecule has 3 aromatic rings. The highest BCUT2D eigenvalue weighted by Crippen LogP contribution is 2.21. The van der Waals surface area contributed by atoms with Gasteiger partial charge < -0.3 is 10.1 Å². The summed E-state index contributed by atoms with van der Waals surface area (Å²) in [6, 6.07) is 14.3. The summed E-state index contributed by atoms with van der Waals surface area (Å²) < 4.78 is 4.96. The number of benzene rings is 2. The number of aromatic nitrogens is 1. The van der Waals surface area contributed by atoms with E-state index in [2.05, 4.69) is 10.3 Å². The van der Waals surface area contributed by atoms with Crippen molar-refractivity contribution in [3.63, 3.8) is 0 Å². The van der Waals surface area contributed by atoms with Gasteiger partial charge in [0.1, 0.15) is 0 Å². The van der Waals surface area contributed by atoms with Gasteiger partial charge in [-0.3, -0.25) is 9.78 Å². The molecule has 0 atom stereocenters. The predicted octanol–water partition coefficient (Wildman–Crippen LogP) is 4.28. The second-order valence-electron chi connectivity index (χ2n) is 6.08. The van der Waals surface area contributed by atoms with Gasteiger partial charge in [-0.15, -0.1) is 0 Å². The first-order valence-corrected chi connectivity index (χ1v) is 8.44. The van der Waals surface area contributed by atoms with E-state index in [9.17, 15) is 9.59 Å². The van der Waals surface area contributed by atoms with Crippen molar-refractivity contribution in [3.8, 4) is 0 Å². The van der Waals surface area contributed by atoms with Gasteiger partial charge in [0.25, 0.3) is 5.91 Å². The van der Waals surface area contributed by atoms with Gasteiger partial charge in [0.05, 0.1) is 23.3 Å². The van der Waals surface area contributed by atoms with Crippen LogP contribution in [0.2, 0.25) is 0 Å². The minimum Gasteiger partial charge on any atom is -0.462 e. The summed E-state index contributed by atoms with van der Waals surface area (Å²) in [6.07, 6.45) is 0. The number of esters is 1. The number of amides is 1. The quantitative estimate of drug-likeness (QED) is 0.715. The summed E-state index contributed by atoms with van der Waals surface area (Å²) in [5.41, 5.74) is 4.27. The van der Waals surface area contributed by atoms with Crippen LogP contribution in [0.1, 0.15) is 38.9 Å². The number of ether oxygens (including phenoxy) is 1. The summed E-state index contributed by atoms with van der Waals surface area (Å²) in [6.45, 7) is 5.93. The maximum atomic E-state index is 12.8. The highest BCUT2D eigenvalue weighted by molar-refractivity contribution is 6.12. The van der Waals surface area contributed by atoms with Gasteiger partial charge in [-0.05, 0) is 63.2 Å². The molecule has 1 aromatic heterocycles. The average molecular weight is 348 g/mol. The molecule has 0 aliphatic rings. The van der Waals surface area contributed by atoms with Crippen LogP contribution in [0.25, 0.3) is 10.9 Å². The average Bonchev–Trinajstić information content (AvgIpc) is 2.62. The number of aryl methyl sites for hydroxylation is 2. The molecule has 5 nitrogen and oxygen atoms in total. The zero-order valence-electron chi connectivity index (χ0n) is 15.0. The lowest BCUT2D eigenvalue weighted by Crippen LogP contribution is -2.13. The number of nitrogens with zero attached hydrogens (tertiary/aromatic N) is 1. The highest BCUT2D eigenvalue weighted by atomic mass is 16.5. The maximum Gasteiger partial charge on any atom is 0.338 e. The molecule has 26 heavy (non-hydrogen) atoms. The van der Waals surface area contributed by atoms with Crippen molar-refractivity contribution < 1.29 is 14.3 Å². The van der Waals surface area contributed by atoms with E-state index < -0.39 is 0 Å². The zero-order chi connectivity index (χ0) is 18.7. The molecule has 1 N–H and O–H groups in total. The Morgan fingerprint density at radius 2 is 1.77 bits per heavy atom. The summed E-state index contributed by atoms with van der Waals surface area (Å²) in [7, 11) is 0. The molecule has 2 aromatic carbocycles. The molecule has 5 heteroatoms. The van der Waals surface area contributed by atoms with Gasteiger partial charge in [-0.1, -0.05) is 11.6 Å². The van der Waals surface area contributed by atoms with E-state index >= 15 is 0 Å². The Balaban J connectivity index is 1.87. The SMILES string of the molecule is CCOC(=O)c1ccc(NC(=O)c2cc(C)nc3ccc(C)cc23)cc1. The number of carbonyl (C=O) groups excluding carboxylic acids is 2. The van der Waals surface area contributed by atoms with Gasteiger partial charge in [0.15, 0.2) is 0 Å². The highest BCUT2D eigenvalue weighted by Gasteiger charge is 2.13. The Morgan fingerprint density at radius 3 is 2.46 bits per heavy atom. The molecule has 0 aliphatic heterocycles. The van der Waals surface area contributed by atoms with Crippen molar-refractivity contribution in [2.75, 3.05) is 11.9 Å². The third-order valence-electron chi connectivity index (χ3n) is 3.99.